The van der Waals surface area contributed by atoms with Crippen molar-refractivity contribution in [3.63, 3.8) is 0 Å². The van der Waals surface area contributed by atoms with Gasteiger partial charge in [0.2, 0.25) is 0 Å². The number of nitrogens with zero attached hydrogens (tertiary/aromatic N) is 2. The first kappa shape index (κ1) is 26.0. The van der Waals surface area contributed by atoms with Crippen molar-refractivity contribution in [2.45, 2.75) is 44.8 Å². The number of benzene rings is 2. The van der Waals surface area contributed by atoms with E-state index in [0.29, 0.717) is 23.2 Å². The molecule has 2 aromatic rings. The predicted octanol–water partition coefficient (Wildman–Crippen LogP) is 6.43. The summed E-state index contributed by atoms with van der Waals surface area (Å²) in [6, 6.07) is 10.3. The van der Waals surface area contributed by atoms with E-state index in [2.05, 4.69) is 67.7 Å². The van der Waals surface area contributed by atoms with E-state index in [1.165, 1.54) is 5.56 Å². The molecule has 2 aromatic carbocycles. The summed E-state index contributed by atoms with van der Waals surface area (Å²) in [6.45, 7) is 12.2. The molecule has 8 heteroatoms. The molecule has 4 nitrogen and oxygen atoms in total. The van der Waals surface area contributed by atoms with Crippen LogP contribution in [0.2, 0.25) is 5.02 Å². The molecule has 32 heavy (non-hydrogen) atoms. The van der Waals surface area contributed by atoms with E-state index < -0.39 is 0 Å². The zero-order valence-electron chi connectivity index (χ0n) is 18.8. The van der Waals surface area contributed by atoms with Crippen LogP contribution in [0.15, 0.2) is 44.2 Å². The van der Waals surface area contributed by atoms with Crippen molar-refractivity contribution >= 4 is 61.1 Å². The molecule has 1 N–H and O–H groups in total. The Balaban J connectivity index is 1.64. The van der Waals surface area contributed by atoms with E-state index in [1.807, 2.05) is 30.3 Å². The Bertz CT molecular complexity index is 926. The van der Waals surface area contributed by atoms with Gasteiger partial charge in [-0.25, -0.2) is 0 Å². The van der Waals surface area contributed by atoms with Crippen LogP contribution < -0.4 is 5.32 Å². The molecule has 1 saturated heterocycles. The Morgan fingerprint density at radius 2 is 1.78 bits per heavy atom. The summed E-state index contributed by atoms with van der Waals surface area (Å²) in [5.74, 6) is 0.868. The zero-order chi connectivity index (χ0) is 23.3. The molecule has 1 heterocycles. The van der Waals surface area contributed by atoms with Gasteiger partial charge in [0, 0.05) is 69.7 Å². The van der Waals surface area contributed by atoms with Crippen LogP contribution in [0, 0.1) is 0 Å². The zero-order valence-corrected chi connectivity index (χ0v) is 23.5. The van der Waals surface area contributed by atoms with Gasteiger partial charge >= 0.3 is 0 Å². The standard InChI is InChI=1S/C24H30Br2ClN3OS/c1-4-32-23-6-5-19(27)11-18(23)14-28-24(31)17-12-21(25)20(22(26)13-17)15-29-7-9-30(10-8-29)16(2)3/h5-6,11-13,16H,4,7-10,14-15H2,1-3H3,(H,28,31). The van der Waals surface area contributed by atoms with Crippen LogP contribution in [0.4, 0.5) is 0 Å². The predicted molar refractivity (Wildman–Crippen MR) is 143 cm³/mol. The molecule has 0 unspecified atom stereocenters. The Kier molecular flexibility index (Phi) is 9.95. The molecule has 0 bridgehead atoms. The van der Waals surface area contributed by atoms with Gasteiger partial charge in [0.1, 0.15) is 0 Å². The van der Waals surface area contributed by atoms with Gasteiger partial charge in [-0.05, 0) is 61.1 Å². The van der Waals surface area contributed by atoms with Gasteiger partial charge in [-0.15, -0.1) is 11.8 Å². The number of nitrogens with one attached hydrogen (secondary N) is 1. The number of hydrogen-bond donors (Lipinski definition) is 1. The van der Waals surface area contributed by atoms with Crippen LogP contribution in [-0.2, 0) is 13.1 Å². The maximum Gasteiger partial charge on any atom is 0.251 e. The largest absolute Gasteiger partial charge is 0.348 e. The van der Waals surface area contributed by atoms with Crippen molar-refractivity contribution < 1.29 is 4.79 Å². The Morgan fingerprint density at radius 3 is 2.38 bits per heavy atom. The summed E-state index contributed by atoms with van der Waals surface area (Å²) >= 11 is 15.3. The fourth-order valence-electron chi connectivity index (χ4n) is 3.81. The second kappa shape index (κ2) is 12.2. The topological polar surface area (TPSA) is 35.6 Å². The molecule has 1 amide bonds. The van der Waals surface area contributed by atoms with E-state index in [9.17, 15) is 4.79 Å². The van der Waals surface area contributed by atoms with Gasteiger partial charge in [-0.1, -0.05) is 50.4 Å². The van der Waals surface area contributed by atoms with Crippen LogP contribution in [0.1, 0.15) is 42.3 Å². The molecular formula is C24H30Br2ClN3OS. The van der Waals surface area contributed by atoms with Crippen molar-refractivity contribution in [1.82, 2.24) is 15.1 Å². The number of carbonyl (C=O) groups excluding carboxylic acids is 1. The van der Waals surface area contributed by atoms with Crippen LogP contribution in [-0.4, -0.2) is 53.7 Å². The molecule has 0 aliphatic carbocycles. The molecular weight excluding hydrogens is 574 g/mol. The third kappa shape index (κ3) is 6.97. The fraction of sp³-hybridized carbons (Fsp3) is 0.458. The van der Waals surface area contributed by atoms with E-state index >= 15 is 0 Å². The quantitative estimate of drug-likeness (QED) is 0.353. The van der Waals surface area contributed by atoms with E-state index in [0.717, 1.165) is 57.9 Å². The van der Waals surface area contributed by atoms with E-state index in [4.69, 9.17) is 11.6 Å². The Morgan fingerprint density at radius 1 is 1.12 bits per heavy atom. The highest BCUT2D eigenvalue weighted by Gasteiger charge is 2.21. The van der Waals surface area contributed by atoms with Gasteiger partial charge in [0.25, 0.3) is 5.91 Å². The normalized spacial score (nSPS) is 15.3. The lowest BCUT2D eigenvalue weighted by atomic mass is 10.1. The summed E-state index contributed by atoms with van der Waals surface area (Å²) in [5.41, 5.74) is 2.84. The minimum atomic E-state index is -0.101. The van der Waals surface area contributed by atoms with Crippen molar-refractivity contribution in [3.8, 4) is 0 Å². The Hall–Kier alpha value is -0.570. The molecule has 1 aliphatic rings. The molecule has 1 fully saturated rings. The van der Waals surface area contributed by atoms with E-state index in [1.54, 1.807) is 11.8 Å². The second-order valence-electron chi connectivity index (χ2n) is 8.19. The molecule has 0 saturated carbocycles. The van der Waals surface area contributed by atoms with Crippen LogP contribution in [0.3, 0.4) is 0 Å². The highest BCUT2D eigenvalue weighted by molar-refractivity contribution is 9.11. The maximum atomic E-state index is 12.9. The summed E-state index contributed by atoms with van der Waals surface area (Å²) in [5, 5.41) is 3.72. The van der Waals surface area contributed by atoms with Crippen molar-refractivity contribution in [2.75, 3.05) is 31.9 Å². The van der Waals surface area contributed by atoms with Crippen molar-refractivity contribution in [2.24, 2.45) is 0 Å². The fourth-order valence-corrected chi connectivity index (χ4v) is 6.23. The van der Waals surface area contributed by atoms with Gasteiger partial charge in [0.15, 0.2) is 0 Å². The minimum absolute atomic E-state index is 0.101. The third-order valence-electron chi connectivity index (χ3n) is 5.68. The highest BCUT2D eigenvalue weighted by atomic mass is 79.9. The molecule has 0 spiro atoms. The maximum absolute atomic E-state index is 12.9. The van der Waals surface area contributed by atoms with Crippen molar-refractivity contribution in [1.29, 1.82) is 0 Å². The summed E-state index contributed by atoms with van der Waals surface area (Å²) in [6.07, 6.45) is 0. The first-order valence-electron chi connectivity index (χ1n) is 10.9. The van der Waals surface area contributed by atoms with Crippen LogP contribution in [0.5, 0.6) is 0 Å². The SMILES string of the molecule is CCSc1ccc(Cl)cc1CNC(=O)c1cc(Br)c(CN2CCN(C(C)C)CC2)c(Br)c1. The Labute approximate surface area is 217 Å². The number of hydrogen-bond acceptors (Lipinski definition) is 4. The van der Waals surface area contributed by atoms with Crippen LogP contribution in [0.25, 0.3) is 0 Å². The third-order valence-corrected chi connectivity index (χ3v) is 8.33. The monoisotopic (exact) mass is 601 g/mol. The first-order valence-corrected chi connectivity index (χ1v) is 13.9. The second-order valence-corrected chi connectivity index (χ2v) is 11.6. The number of piperazine rings is 1. The average molecular weight is 604 g/mol. The lowest BCUT2D eigenvalue weighted by molar-refractivity contribution is 0.0950. The minimum Gasteiger partial charge on any atom is -0.348 e. The van der Waals surface area contributed by atoms with Gasteiger partial charge in [-0.3, -0.25) is 14.6 Å². The van der Waals surface area contributed by atoms with Crippen molar-refractivity contribution in [3.05, 3.63) is 61.0 Å². The lowest BCUT2D eigenvalue weighted by Gasteiger charge is -2.37. The van der Waals surface area contributed by atoms with Gasteiger partial charge < -0.3 is 5.32 Å². The highest BCUT2D eigenvalue weighted by Crippen LogP contribution is 2.30. The van der Waals surface area contributed by atoms with Gasteiger partial charge in [-0.2, -0.15) is 0 Å². The number of halogens is 3. The summed E-state index contributed by atoms with van der Waals surface area (Å²) in [7, 11) is 0. The van der Waals surface area contributed by atoms with E-state index in [-0.39, 0.29) is 5.91 Å². The van der Waals surface area contributed by atoms with Crippen LogP contribution >= 0.6 is 55.2 Å². The lowest BCUT2D eigenvalue weighted by Crippen LogP contribution is -2.48. The number of thioether (sulfide) groups is 1. The number of amides is 1. The molecule has 0 radical (unpaired) electrons. The summed E-state index contributed by atoms with van der Waals surface area (Å²) in [4.78, 5) is 19.0. The smallest absolute Gasteiger partial charge is 0.251 e. The molecule has 0 aromatic heterocycles. The first-order chi connectivity index (χ1) is 15.3. The average Bonchev–Trinajstić information content (AvgIpc) is 2.76. The molecule has 3 rings (SSSR count). The van der Waals surface area contributed by atoms with Gasteiger partial charge in [0.05, 0.1) is 0 Å². The molecule has 174 valence electrons. The number of rotatable bonds is 8. The number of carbonyl (C=O) groups is 1. The molecule has 1 aliphatic heterocycles. The molecule has 0 atom stereocenters. The summed E-state index contributed by atoms with van der Waals surface area (Å²) < 4.78 is 1.90.